The van der Waals surface area contributed by atoms with Crippen LogP contribution in [0, 0.1) is 0 Å². The molecule has 1 amide bonds. The fourth-order valence-electron chi connectivity index (χ4n) is 2.32. The van der Waals surface area contributed by atoms with Gasteiger partial charge < -0.3 is 10.2 Å². The van der Waals surface area contributed by atoms with Crippen LogP contribution in [0.1, 0.15) is 30.5 Å². The number of nitrogens with one attached hydrogen (secondary N) is 1. The van der Waals surface area contributed by atoms with E-state index in [0.29, 0.717) is 5.02 Å². The molecule has 0 atom stereocenters. The fraction of sp³-hybridized carbons (Fsp3) is 0.263. The van der Waals surface area contributed by atoms with Crippen molar-refractivity contribution in [2.75, 3.05) is 11.9 Å². The van der Waals surface area contributed by atoms with Crippen molar-refractivity contribution in [1.82, 2.24) is 0 Å². The fourth-order valence-corrected chi connectivity index (χ4v) is 2.45. The number of nitrogens with zero attached hydrogens (tertiary/aromatic N) is 1. The molecule has 0 fully saturated rings. The van der Waals surface area contributed by atoms with Crippen LogP contribution in [0.5, 0.6) is 0 Å². The van der Waals surface area contributed by atoms with Gasteiger partial charge in [-0.25, -0.2) is 0 Å². The lowest BCUT2D eigenvalue weighted by Gasteiger charge is -2.13. The first-order valence-electron chi connectivity index (χ1n) is 7.95. The first kappa shape index (κ1) is 18.0. The van der Waals surface area contributed by atoms with Gasteiger partial charge in [0.05, 0.1) is 6.21 Å². The van der Waals surface area contributed by atoms with Crippen LogP contribution in [0.15, 0.2) is 47.6 Å². The summed E-state index contributed by atoms with van der Waals surface area (Å²) in [6.45, 7) is 4.00. The molecule has 2 rings (SSSR count). The first-order chi connectivity index (χ1) is 11.6. The molecule has 0 spiro atoms. The van der Waals surface area contributed by atoms with E-state index < -0.39 is 0 Å². The summed E-state index contributed by atoms with van der Waals surface area (Å²) in [4.78, 5) is 17.2. The molecule has 0 aliphatic heterocycles. The Morgan fingerprint density at radius 2 is 1.75 bits per heavy atom. The number of rotatable bonds is 7. The third-order valence-corrected chi connectivity index (χ3v) is 3.86. The van der Waals surface area contributed by atoms with E-state index in [4.69, 9.17) is 16.4 Å². The Kier molecular flexibility index (Phi) is 6.82. The molecular weight excluding hydrogens is 324 g/mol. The van der Waals surface area contributed by atoms with Crippen LogP contribution < -0.4 is 5.32 Å². The Bertz CT molecular complexity index is 690. The lowest BCUT2D eigenvalue weighted by atomic mass is 10.0. The highest BCUT2D eigenvalue weighted by atomic mass is 35.5. The zero-order valence-corrected chi connectivity index (χ0v) is 14.6. The topological polar surface area (TPSA) is 50.7 Å². The maximum Gasteiger partial charge on any atom is 0.265 e. The molecule has 5 heteroatoms. The number of amides is 1. The van der Waals surface area contributed by atoms with Gasteiger partial charge in [0.25, 0.3) is 5.91 Å². The van der Waals surface area contributed by atoms with Crippen molar-refractivity contribution in [2.45, 2.75) is 26.7 Å². The van der Waals surface area contributed by atoms with Gasteiger partial charge in [0.15, 0.2) is 6.61 Å². The smallest absolute Gasteiger partial charge is 0.265 e. The number of carbonyl (C=O) groups excluding carboxylic acids is 1. The van der Waals surface area contributed by atoms with Crippen molar-refractivity contribution >= 4 is 29.4 Å². The summed E-state index contributed by atoms with van der Waals surface area (Å²) < 4.78 is 0. The van der Waals surface area contributed by atoms with Crippen molar-refractivity contribution in [3.8, 4) is 0 Å². The Hall–Kier alpha value is -2.33. The number of anilines is 1. The molecule has 0 unspecified atom stereocenters. The number of oxime groups is 1. The normalized spacial score (nSPS) is 10.8. The van der Waals surface area contributed by atoms with E-state index in [9.17, 15) is 4.79 Å². The standard InChI is InChI=1S/C19H21ClN2O2/c1-3-15-6-5-7-16(4-2)19(15)22-18(23)13-24-21-12-14-8-10-17(20)11-9-14/h5-12H,3-4,13H2,1-2H3,(H,22,23)/b21-12-. The van der Waals surface area contributed by atoms with Gasteiger partial charge in [0.2, 0.25) is 0 Å². The molecule has 0 heterocycles. The summed E-state index contributed by atoms with van der Waals surface area (Å²) in [5.74, 6) is -0.223. The second-order valence-corrected chi connectivity index (χ2v) is 5.70. The molecule has 0 saturated carbocycles. The lowest BCUT2D eigenvalue weighted by molar-refractivity contribution is -0.120. The number of para-hydroxylation sites is 1. The summed E-state index contributed by atoms with van der Waals surface area (Å²) in [5, 5.41) is 7.40. The summed E-state index contributed by atoms with van der Waals surface area (Å²) in [7, 11) is 0. The van der Waals surface area contributed by atoms with Crippen molar-refractivity contribution < 1.29 is 9.63 Å². The Labute approximate surface area is 147 Å². The molecular formula is C19H21ClN2O2. The highest BCUT2D eigenvalue weighted by Gasteiger charge is 2.10. The molecule has 0 aliphatic carbocycles. The van der Waals surface area contributed by atoms with Gasteiger partial charge in [-0.1, -0.05) is 60.9 Å². The van der Waals surface area contributed by atoms with E-state index in [1.807, 2.05) is 30.3 Å². The summed E-state index contributed by atoms with van der Waals surface area (Å²) in [6, 6.07) is 13.2. The maximum absolute atomic E-state index is 12.1. The van der Waals surface area contributed by atoms with Crippen LogP contribution in [0.25, 0.3) is 0 Å². The van der Waals surface area contributed by atoms with Crippen LogP contribution in [-0.4, -0.2) is 18.7 Å². The average molecular weight is 345 g/mol. The van der Waals surface area contributed by atoms with Gasteiger partial charge in [-0.2, -0.15) is 0 Å². The molecule has 2 aromatic carbocycles. The van der Waals surface area contributed by atoms with Crippen molar-refractivity contribution in [3.05, 3.63) is 64.2 Å². The number of carbonyl (C=O) groups is 1. The Morgan fingerprint density at radius 3 is 2.33 bits per heavy atom. The van der Waals surface area contributed by atoms with Gasteiger partial charge >= 0.3 is 0 Å². The SMILES string of the molecule is CCc1cccc(CC)c1NC(=O)CO/N=C\c1ccc(Cl)cc1. The monoisotopic (exact) mass is 344 g/mol. The van der Waals surface area contributed by atoms with Crippen LogP contribution in [-0.2, 0) is 22.5 Å². The second kappa shape index (κ2) is 9.08. The molecule has 0 aliphatic rings. The maximum atomic E-state index is 12.1. The van der Waals surface area contributed by atoms with Gasteiger partial charge in [0.1, 0.15) is 0 Å². The van der Waals surface area contributed by atoms with Gasteiger partial charge in [0, 0.05) is 10.7 Å². The van der Waals surface area contributed by atoms with E-state index >= 15 is 0 Å². The van der Waals surface area contributed by atoms with Crippen LogP contribution in [0.4, 0.5) is 5.69 Å². The molecule has 2 aromatic rings. The van der Waals surface area contributed by atoms with Crippen LogP contribution in [0.2, 0.25) is 5.02 Å². The average Bonchev–Trinajstić information content (AvgIpc) is 2.60. The van der Waals surface area contributed by atoms with E-state index in [1.165, 1.54) is 0 Å². The predicted octanol–water partition coefficient (Wildman–Crippen LogP) is 4.45. The van der Waals surface area contributed by atoms with Gasteiger partial charge in [-0.3, -0.25) is 4.79 Å². The Morgan fingerprint density at radius 1 is 1.12 bits per heavy atom. The Balaban J connectivity index is 1.91. The van der Waals surface area contributed by atoms with Crippen molar-refractivity contribution in [3.63, 3.8) is 0 Å². The molecule has 0 saturated heterocycles. The molecule has 0 radical (unpaired) electrons. The highest BCUT2D eigenvalue weighted by molar-refractivity contribution is 6.30. The van der Waals surface area contributed by atoms with Gasteiger partial charge in [-0.15, -0.1) is 0 Å². The number of halogens is 1. The summed E-state index contributed by atoms with van der Waals surface area (Å²) in [5.41, 5.74) is 3.97. The highest BCUT2D eigenvalue weighted by Crippen LogP contribution is 2.22. The molecule has 126 valence electrons. The largest absolute Gasteiger partial charge is 0.386 e. The van der Waals surface area contributed by atoms with E-state index in [1.54, 1.807) is 18.3 Å². The van der Waals surface area contributed by atoms with E-state index in [-0.39, 0.29) is 12.5 Å². The zero-order chi connectivity index (χ0) is 17.4. The van der Waals surface area contributed by atoms with Crippen LogP contribution in [0.3, 0.4) is 0 Å². The van der Waals surface area contributed by atoms with E-state index in [2.05, 4.69) is 24.3 Å². The third kappa shape index (κ3) is 5.10. The number of hydrogen-bond donors (Lipinski definition) is 1. The minimum atomic E-state index is -0.223. The second-order valence-electron chi connectivity index (χ2n) is 5.27. The third-order valence-electron chi connectivity index (χ3n) is 3.61. The first-order valence-corrected chi connectivity index (χ1v) is 8.33. The van der Waals surface area contributed by atoms with Crippen molar-refractivity contribution in [1.29, 1.82) is 0 Å². The summed E-state index contributed by atoms with van der Waals surface area (Å²) in [6.07, 6.45) is 3.26. The summed E-state index contributed by atoms with van der Waals surface area (Å²) >= 11 is 5.81. The van der Waals surface area contributed by atoms with Gasteiger partial charge in [-0.05, 0) is 41.7 Å². The number of benzene rings is 2. The number of hydrogen-bond acceptors (Lipinski definition) is 3. The lowest BCUT2D eigenvalue weighted by Crippen LogP contribution is -2.19. The molecule has 4 nitrogen and oxygen atoms in total. The van der Waals surface area contributed by atoms with Crippen molar-refractivity contribution in [2.24, 2.45) is 5.16 Å². The zero-order valence-electron chi connectivity index (χ0n) is 13.9. The quantitative estimate of drug-likeness (QED) is 0.595. The predicted molar refractivity (Wildman–Crippen MR) is 98.8 cm³/mol. The number of aryl methyl sites for hydroxylation is 2. The van der Waals surface area contributed by atoms with Crippen LogP contribution >= 0.6 is 11.6 Å². The minimum absolute atomic E-state index is 0.134. The molecule has 1 N–H and O–H groups in total. The van der Waals surface area contributed by atoms with E-state index in [0.717, 1.165) is 35.2 Å². The molecule has 24 heavy (non-hydrogen) atoms. The molecule has 0 aromatic heterocycles. The molecule has 0 bridgehead atoms. The minimum Gasteiger partial charge on any atom is -0.386 e.